The number of amides is 2. The van der Waals surface area contributed by atoms with E-state index in [-0.39, 0.29) is 23.1 Å². The van der Waals surface area contributed by atoms with Crippen LogP contribution in [-0.4, -0.2) is 46.3 Å². The zero-order chi connectivity index (χ0) is 14.8. The lowest BCUT2D eigenvalue weighted by Gasteiger charge is -2.43. The van der Waals surface area contributed by atoms with Gasteiger partial charge < -0.3 is 10.2 Å². The van der Waals surface area contributed by atoms with E-state index in [4.69, 9.17) is 0 Å². The molecule has 0 unspecified atom stereocenters. The third kappa shape index (κ3) is 2.69. The number of nitrogens with zero attached hydrogens (tertiary/aromatic N) is 1. The van der Waals surface area contributed by atoms with Gasteiger partial charge in [-0.05, 0) is 31.9 Å². The first-order valence-corrected chi connectivity index (χ1v) is 8.89. The van der Waals surface area contributed by atoms with Gasteiger partial charge in [0, 0.05) is 11.3 Å². The molecular weight excluding hydrogens is 272 g/mol. The van der Waals surface area contributed by atoms with E-state index in [1.807, 2.05) is 16.7 Å². The van der Waals surface area contributed by atoms with Gasteiger partial charge in [-0.2, -0.15) is 11.8 Å². The summed E-state index contributed by atoms with van der Waals surface area (Å²) in [5.74, 6) is 0.156. The topological polar surface area (TPSA) is 49.4 Å². The van der Waals surface area contributed by atoms with Crippen LogP contribution in [0, 0.1) is 0 Å². The van der Waals surface area contributed by atoms with Crippen LogP contribution in [0.2, 0.25) is 0 Å². The van der Waals surface area contributed by atoms with E-state index in [1.165, 1.54) is 0 Å². The Bertz CT molecular complexity index is 379. The smallest absolute Gasteiger partial charge is 0.248 e. The highest BCUT2D eigenvalue weighted by atomic mass is 32.2. The minimum atomic E-state index is -0.582. The van der Waals surface area contributed by atoms with Crippen LogP contribution >= 0.6 is 11.8 Å². The maximum Gasteiger partial charge on any atom is 0.248 e. The van der Waals surface area contributed by atoms with Gasteiger partial charge in [-0.1, -0.05) is 26.7 Å². The summed E-state index contributed by atoms with van der Waals surface area (Å²) < 4.78 is 0.0765. The molecule has 1 saturated carbocycles. The van der Waals surface area contributed by atoms with Gasteiger partial charge in [0.25, 0.3) is 0 Å². The van der Waals surface area contributed by atoms with Crippen molar-refractivity contribution >= 4 is 23.6 Å². The normalized spacial score (nSPS) is 22.4. The lowest BCUT2D eigenvalue weighted by molar-refractivity contribution is -0.150. The zero-order valence-electron chi connectivity index (χ0n) is 12.8. The van der Waals surface area contributed by atoms with Gasteiger partial charge in [-0.3, -0.25) is 9.59 Å². The largest absolute Gasteiger partial charge is 0.340 e. The molecule has 0 atom stereocenters. The average molecular weight is 298 g/mol. The highest BCUT2D eigenvalue weighted by molar-refractivity contribution is 8.00. The number of hydrogen-bond donors (Lipinski definition) is 1. The van der Waals surface area contributed by atoms with Crippen molar-refractivity contribution in [2.75, 3.05) is 19.3 Å². The molecule has 1 aliphatic heterocycles. The van der Waals surface area contributed by atoms with Crippen molar-refractivity contribution in [3.05, 3.63) is 0 Å². The molecule has 1 aliphatic carbocycles. The van der Waals surface area contributed by atoms with Crippen molar-refractivity contribution in [2.24, 2.45) is 0 Å². The van der Waals surface area contributed by atoms with Gasteiger partial charge >= 0.3 is 0 Å². The molecule has 1 N–H and O–H groups in total. The van der Waals surface area contributed by atoms with Gasteiger partial charge in [-0.15, -0.1) is 0 Å². The van der Waals surface area contributed by atoms with Crippen molar-refractivity contribution in [3.8, 4) is 0 Å². The molecule has 4 nitrogen and oxygen atoms in total. The molecule has 0 aromatic carbocycles. The van der Waals surface area contributed by atoms with Crippen LogP contribution in [0.3, 0.4) is 0 Å². The molecule has 0 aromatic rings. The van der Waals surface area contributed by atoms with Crippen molar-refractivity contribution in [1.29, 1.82) is 0 Å². The lowest BCUT2D eigenvalue weighted by Crippen LogP contribution is -2.66. The number of rotatable bonds is 5. The van der Waals surface area contributed by atoms with E-state index in [1.54, 1.807) is 0 Å². The molecule has 2 rings (SSSR count). The van der Waals surface area contributed by atoms with E-state index in [0.29, 0.717) is 6.54 Å². The van der Waals surface area contributed by atoms with Crippen LogP contribution in [0.4, 0.5) is 0 Å². The third-order valence-electron chi connectivity index (χ3n) is 5.07. The van der Waals surface area contributed by atoms with Gasteiger partial charge in [0.2, 0.25) is 11.8 Å². The fourth-order valence-corrected chi connectivity index (χ4v) is 4.39. The summed E-state index contributed by atoms with van der Waals surface area (Å²) >= 11 is 1.82. The number of thioether (sulfide) groups is 1. The number of carbonyl (C=O) groups excluding carboxylic acids is 2. The molecule has 114 valence electrons. The lowest BCUT2D eigenvalue weighted by atomic mass is 9.91. The maximum absolute atomic E-state index is 12.8. The molecule has 2 amide bonds. The maximum atomic E-state index is 12.8. The van der Waals surface area contributed by atoms with Crippen molar-refractivity contribution in [2.45, 2.75) is 62.7 Å². The SMILES string of the molecule is CCC(CC)(CN1CC(=O)NC2(CCCC2)C1=O)SC. The Morgan fingerprint density at radius 1 is 1.25 bits per heavy atom. The molecule has 0 radical (unpaired) electrons. The monoisotopic (exact) mass is 298 g/mol. The number of carbonyl (C=O) groups is 2. The minimum absolute atomic E-state index is 0.00806. The summed E-state index contributed by atoms with van der Waals surface area (Å²) in [6.45, 7) is 5.25. The molecule has 1 heterocycles. The second-order valence-electron chi connectivity index (χ2n) is 6.09. The quantitative estimate of drug-likeness (QED) is 0.846. The fraction of sp³-hybridized carbons (Fsp3) is 0.867. The second-order valence-corrected chi connectivity index (χ2v) is 7.37. The number of piperazine rings is 1. The van der Waals surface area contributed by atoms with Gasteiger partial charge in [0.1, 0.15) is 5.54 Å². The average Bonchev–Trinajstić information content (AvgIpc) is 2.91. The van der Waals surface area contributed by atoms with Crippen LogP contribution in [0.25, 0.3) is 0 Å². The molecule has 5 heteroatoms. The fourth-order valence-electron chi connectivity index (χ4n) is 3.53. The first kappa shape index (κ1) is 15.7. The minimum Gasteiger partial charge on any atom is -0.340 e. The van der Waals surface area contributed by atoms with Crippen molar-refractivity contribution in [3.63, 3.8) is 0 Å². The Labute approximate surface area is 126 Å². The van der Waals surface area contributed by atoms with E-state index in [2.05, 4.69) is 25.4 Å². The molecule has 20 heavy (non-hydrogen) atoms. The Hall–Kier alpha value is -0.710. The molecule has 2 fully saturated rings. The Morgan fingerprint density at radius 3 is 2.35 bits per heavy atom. The first-order chi connectivity index (χ1) is 9.51. The van der Waals surface area contributed by atoms with Gasteiger partial charge in [-0.25, -0.2) is 0 Å². The van der Waals surface area contributed by atoms with Crippen molar-refractivity contribution < 1.29 is 9.59 Å². The number of nitrogens with one attached hydrogen (secondary N) is 1. The molecule has 2 aliphatic rings. The van der Waals surface area contributed by atoms with E-state index >= 15 is 0 Å². The van der Waals surface area contributed by atoms with Crippen molar-refractivity contribution in [1.82, 2.24) is 10.2 Å². The third-order valence-corrected chi connectivity index (χ3v) is 6.64. The molecule has 1 saturated heterocycles. The Balaban J connectivity index is 2.18. The molecule has 0 bridgehead atoms. The predicted molar refractivity (Wildman–Crippen MR) is 82.7 cm³/mol. The summed E-state index contributed by atoms with van der Waals surface area (Å²) in [5.41, 5.74) is -0.582. The second kappa shape index (κ2) is 5.96. The highest BCUT2D eigenvalue weighted by Crippen LogP contribution is 2.36. The zero-order valence-corrected chi connectivity index (χ0v) is 13.6. The first-order valence-electron chi connectivity index (χ1n) is 7.66. The van der Waals surface area contributed by atoms with Gasteiger partial charge in [0.05, 0.1) is 6.54 Å². The van der Waals surface area contributed by atoms with Crippen LogP contribution < -0.4 is 5.32 Å². The summed E-state index contributed by atoms with van der Waals surface area (Å²) in [6.07, 6.45) is 7.82. The Morgan fingerprint density at radius 2 is 1.85 bits per heavy atom. The predicted octanol–water partition coefficient (Wildman–Crippen LogP) is 2.18. The Kier molecular flexibility index (Phi) is 4.67. The van der Waals surface area contributed by atoms with E-state index < -0.39 is 5.54 Å². The van der Waals surface area contributed by atoms with Crippen LogP contribution in [-0.2, 0) is 9.59 Å². The molecule has 0 aromatic heterocycles. The number of hydrogen-bond acceptors (Lipinski definition) is 3. The van der Waals surface area contributed by atoms with E-state index in [0.717, 1.165) is 38.5 Å². The van der Waals surface area contributed by atoms with E-state index in [9.17, 15) is 9.59 Å². The summed E-state index contributed by atoms with van der Waals surface area (Å²) in [4.78, 5) is 26.7. The molecule has 1 spiro atoms. The van der Waals surface area contributed by atoms with Crippen LogP contribution in [0.15, 0.2) is 0 Å². The molecular formula is C15H26N2O2S. The van der Waals surface area contributed by atoms with Crippen LogP contribution in [0.5, 0.6) is 0 Å². The standard InChI is InChI=1S/C15H26N2O2S/c1-4-14(5-2,20-3)11-17-10-12(18)16-15(13(17)19)8-6-7-9-15/h4-11H2,1-3H3,(H,16,18). The van der Waals surface area contributed by atoms with Crippen LogP contribution in [0.1, 0.15) is 52.4 Å². The summed E-state index contributed by atoms with van der Waals surface area (Å²) in [5, 5.41) is 2.97. The summed E-state index contributed by atoms with van der Waals surface area (Å²) in [7, 11) is 0. The van der Waals surface area contributed by atoms with Gasteiger partial charge in [0.15, 0.2) is 0 Å². The summed E-state index contributed by atoms with van der Waals surface area (Å²) in [6, 6.07) is 0. The highest BCUT2D eigenvalue weighted by Gasteiger charge is 2.49.